The van der Waals surface area contributed by atoms with Crippen molar-refractivity contribution in [3.05, 3.63) is 65.3 Å². The number of aromatic nitrogens is 6. The third kappa shape index (κ3) is 9.22. The van der Waals surface area contributed by atoms with E-state index in [1.54, 1.807) is 28.0 Å². The molecule has 4 atom stereocenters. The molecule has 3 aliphatic rings. The van der Waals surface area contributed by atoms with Gasteiger partial charge in [0.2, 0.25) is 23.6 Å². The monoisotopic (exact) mass is 814 g/mol. The molecule has 308 valence electrons. The molecule has 8 rings (SSSR count). The fraction of sp³-hybridized carbons (Fsp3) is 0.488. The van der Waals surface area contributed by atoms with Crippen LogP contribution in [-0.2, 0) is 14.3 Å². The molecule has 4 aromatic heterocycles. The maximum Gasteiger partial charge on any atom is 0.410 e. The van der Waals surface area contributed by atoms with Crippen molar-refractivity contribution in [3.8, 4) is 23.0 Å². The van der Waals surface area contributed by atoms with Gasteiger partial charge in [-0.25, -0.2) is 18.8 Å². The van der Waals surface area contributed by atoms with E-state index < -0.39 is 5.60 Å². The summed E-state index contributed by atoms with van der Waals surface area (Å²) in [4.78, 5) is 48.5. The molecule has 2 N–H and O–H groups in total. The summed E-state index contributed by atoms with van der Waals surface area (Å²) in [5.74, 6) is 1.35. The van der Waals surface area contributed by atoms with Crippen LogP contribution in [0.1, 0.15) is 58.6 Å². The Kier molecular flexibility index (Phi) is 11.7. The normalized spacial score (nSPS) is 19.4. The van der Waals surface area contributed by atoms with E-state index in [1.165, 1.54) is 0 Å². The van der Waals surface area contributed by atoms with Crippen LogP contribution in [0.2, 0.25) is 5.15 Å². The summed E-state index contributed by atoms with van der Waals surface area (Å²) in [5.41, 5.74) is 5.89. The van der Waals surface area contributed by atoms with E-state index in [1.807, 2.05) is 71.3 Å². The Labute approximate surface area is 342 Å². The highest BCUT2D eigenvalue weighted by Gasteiger charge is 2.31. The Hall–Kier alpha value is -5.64. The second kappa shape index (κ2) is 16.7. The molecular formula is C41H51ClN10O6. The molecule has 0 unspecified atom stereocenters. The molecule has 17 heteroatoms. The highest BCUT2D eigenvalue weighted by Crippen LogP contribution is 2.31. The summed E-state index contributed by atoms with van der Waals surface area (Å²) >= 11 is 5.98. The predicted octanol–water partition coefficient (Wildman–Crippen LogP) is 5.26. The van der Waals surface area contributed by atoms with E-state index in [0.717, 1.165) is 52.2 Å². The van der Waals surface area contributed by atoms with Crippen LogP contribution in [-0.4, -0.2) is 109 Å². The zero-order valence-electron chi connectivity index (χ0n) is 34.0. The second-order valence-electron chi connectivity index (χ2n) is 16.2. The number of carbonyl (C=O) groups excluding carboxylic acids is 3. The van der Waals surface area contributed by atoms with Crippen molar-refractivity contribution in [1.82, 2.24) is 44.7 Å². The number of aryl methyl sites for hydroxylation is 2. The van der Waals surface area contributed by atoms with Gasteiger partial charge in [-0.05, 0) is 60.6 Å². The van der Waals surface area contributed by atoms with E-state index in [2.05, 4.69) is 42.8 Å². The lowest BCUT2D eigenvalue weighted by atomic mass is 10.0. The molecule has 3 aliphatic heterocycles. The second-order valence-corrected chi connectivity index (χ2v) is 16.6. The first-order chi connectivity index (χ1) is 27.6. The topological polar surface area (TPSA) is 170 Å². The van der Waals surface area contributed by atoms with Gasteiger partial charge >= 0.3 is 6.09 Å². The Morgan fingerprint density at radius 3 is 1.81 bits per heavy atom. The Morgan fingerprint density at radius 2 is 1.31 bits per heavy atom. The van der Waals surface area contributed by atoms with Gasteiger partial charge in [0, 0.05) is 86.3 Å². The molecule has 16 nitrogen and oxygen atoms in total. The molecule has 0 radical (unpaired) electrons. The van der Waals surface area contributed by atoms with Crippen LogP contribution in [0.15, 0.2) is 49.1 Å². The molecule has 0 spiro atoms. The van der Waals surface area contributed by atoms with Gasteiger partial charge in [-0.2, -0.15) is 15.2 Å². The van der Waals surface area contributed by atoms with Gasteiger partial charge < -0.3 is 34.6 Å². The van der Waals surface area contributed by atoms with Gasteiger partial charge in [0.1, 0.15) is 28.8 Å². The molecule has 3 saturated heterocycles. The number of hydrogen-bond acceptors (Lipinski definition) is 11. The maximum atomic E-state index is 12.4. The molecule has 5 aromatic rings. The van der Waals surface area contributed by atoms with Crippen molar-refractivity contribution in [3.63, 3.8) is 0 Å². The van der Waals surface area contributed by atoms with E-state index in [0.29, 0.717) is 55.9 Å². The fourth-order valence-electron chi connectivity index (χ4n) is 7.30. The number of piperazine rings is 1. The van der Waals surface area contributed by atoms with Crippen LogP contribution in [0, 0.1) is 25.7 Å². The number of amides is 3. The Bertz CT molecular complexity index is 2300. The maximum absolute atomic E-state index is 12.4. The minimum atomic E-state index is -0.494. The number of rotatable bonds is 8. The Morgan fingerprint density at radius 1 is 0.793 bits per heavy atom. The number of anilines is 1. The molecule has 1 aromatic carbocycles. The number of nitrogens with zero attached hydrogens (tertiary/aromatic N) is 8. The van der Waals surface area contributed by atoms with Crippen molar-refractivity contribution in [1.29, 1.82) is 0 Å². The molecular weight excluding hydrogens is 764 g/mol. The van der Waals surface area contributed by atoms with Crippen LogP contribution in [0.4, 0.5) is 10.5 Å². The molecule has 0 aliphatic carbocycles. The fourth-order valence-corrected chi connectivity index (χ4v) is 7.47. The smallest absolute Gasteiger partial charge is 0.410 e. The molecule has 7 heterocycles. The summed E-state index contributed by atoms with van der Waals surface area (Å²) in [7, 11) is 0. The quantitative estimate of drug-likeness (QED) is 0.210. The van der Waals surface area contributed by atoms with Gasteiger partial charge in [0.15, 0.2) is 5.15 Å². The SMILES string of the molecule is Cc1cnn2cc(-c3ccc(N4CCN(C(=O)OC(C)(C)C)CC4)cc3)nc(O[C@H](C)[C@H]3CNC(=O)C3)c12.Cc1cnn2cc(Cl)nc(O[C@H](C)[C@H]3CNC(=O)C3)c12. The average molecular weight is 815 g/mol. The first kappa shape index (κ1) is 40.6. The van der Waals surface area contributed by atoms with Crippen LogP contribution in [0.25, 0.3) is 22.3 Å². The van der Waals surface area contributed by atoms with Crippen LogP contribution < -0.4 is 25.0 Å². The number of halogens is 1. The van der Waals surface area contributed by atoms with E-state index in [4.69, 9.17) is 30.8 Å². The van der Waals surface area contributed by atoms with Crippen LogP contribution in [0.5, 0.6) is 11.8 Å². The summed E-state index contributed by atoms with van der Waals surface area (Å²) in [6.07, 6.45) is 7.49. The van der Waals surface area contributed by atoms with Gasteiger partial charge in [0.25, 0.3) is 0 Å². The summed E-state index contributed by atoms with van der Waals surface area (Å²) < 4.78 is 21.2. The van der Waals surface area contributed by atoms with Gasteiger partial charge in [-0.1, -0.05) is 23.7 Å². The highest BCUT2D eigenvalue weighted by molar-refractivity contribution is 6.29. The average Bonchev–Trinajstić information content (AvgIpc) is 3.99. The largest absolute Gasteiger partial charge is 0.473 e. The van der Waals surface area contributed by atoms with E-state index in [9.17, 15) is 14.4 Å². The summed E-state index contributed by atoms with van der Waals surface area (Å²) in [6, 6.07) is 8.26. The lowest BCUT2D eigenvalue weighted by Crippen LogP contribution is -2.50. The standard InChI is InChI=1S/C28H36N6O4.C13H15ClN4O2/c1-18-15-30-34-17-23(31-26(25(18)34)37-19(2)21-14-24(35)29-16-21)20-6-8-22(9-7-20)32-10-12-33(13-11-32)27(36)38-28(3,4)5;1-7-4-16-18-6-10(14)17-13(12(7)18)20-8(2)9-3-11(19)15-5-9/h6-9,15,17,19,21H,10-14,16H2,1-5H3,(H,29,35);4,6,8-9H,3,5H2,1-2H3,(H,15,19)/t19-,21-;8-,9-/m11/s1. The molecule has 3 fully saturated rings. The van der Waals surface area contributed by atoms with Crippen LogP contribution in [0.3, 0.4) is 0 Å². The molecule has 3 amide bonds. The van der Waals surface area contributed by atoms with Crippen LogP contribution >= 0.6 is 11.6 Å². The summed E-state index contributed by atoms with van der Waals surface area (Å²) in [5, 5.41) is 14.7. The van der Waals surface area contributed by atoms with Crippen molar-refractivity contribution >= 4 is 46.2 Å². The zero-order chi connectivity index (χ0) is 41.3. The van der Waals surface area contributed by atoms with Gasteiger partial charge in [0.05, 0.1) is 30.5 Å². The van der Waals surface area contributed by atoms with Gasteiger partial charge in [-0.3, -0.25) is 9.59 Å². The first-order valence-corrected chi connectivity index (χ1v) is 20.0. The third-order valence-electron chi connectivity index (χ3n) is 10.7. The van der Waals surface area contributed by atoms with Crippen molar-refractivity contribution in [2.45, 2.75) is 79.1 Å². The molecule has 0 bridgehead atoms. The molecule has 58 heavy (non-hydrogen) atoms. The lowest BCUT2D eigenvalue weighted by Gasteiger charge is -2.36. The predicted molar refractivity (Wildman–Crippen MR) is 218 cm³/mol. The zero-order valence-corrected chi connectivity index (χ0v) is 34.7. The minimum Gasteiger partial charge on any atom is -0.473 e. The highest BCUT2D eigenvalue weighted by atomic mass is 35.5. The minimum absolute atomic E-state index is 0.0594. The van der Waals surface area contributed by atoms with Crippen molar-refractivity contribution in [2.24, 2.45) is 11.8 Å². The number of fused-ring (bicyclic) bond motifs is 2. The summed E-state index contributed by atoms with van der Waals surface area (Å²) in [6.45, 7) is 17.5. The number of ether oxygens (including phenoxy) is 3. The van der Waals surface area contributed by atoms with Crippen molar-refractivity contribution < 1.29 is 28.6 Å². The number of nitrogens with one attached hydrogen (secondary N) is 2. The number of hydrogen-bond donors (Lipinski definition) is 2. The Balaban J connectivity index is 0.000000214. The first-order valence-electron chi connectivity index (χ1n) is 19.7. The number of carbonyl (C=O) groups is 3. The number of benzene rings is 1. The van der Waals surface area contributed by atoms with Gasteiger partial charge in [-0.15, -0.1) is 0 Å². The molecule has 0 saturated carbocycles. The van der Waals surface area contributed by atoms with E-state index in [-0.39, 0.29) is 42.0 Å². The van der Waals surface area contributed by atoms with E-state index >= 15 is 0 Å². The third-order valence-corrected chi connectivity index (χ3v) is 10.8. The van der Waals surface area contributed by atoms with Crippen molar-refractivity contribution in [2.75, 3.05) is 44.2 Å². The lowest BCUT2D eigenvalue weighted by molar-refractivity contribution is -0.120.